The first kappa shape index (κ1) is 11.9. The number of halogens is 1. The van der Waals surface area contributed by atoms with E-state index in [0.717, 1.165) is 6.42 Å². The summed E-state index contributed by atoms with van der Waals surface area (Å²) in [5.41, 5.74) is -0.0223. The second-order valence-electron chi connectivity index (χ2n) is 7.56. The zero-order chi connectivity index (χ0) is 15.8. The van der Waals surface area contributed by atoms with Gasteiger partial charge in [-0.15, -0.1) is 11.6 Å². The van der Waals surface area contributed by atoms with Crippen LogP contribution in [0.4, 0.5) is 0 Å². The first-order chi connectivity index (χ1) is 9.51. The lowest BCUT2D eigenvalue weighted by molar-refractivity contribution is -0.199. The summed E-state index contributed by atoms with van der Waals surface area (Å²) in [5.74, 6) is 0.999. The molecule has 2 bridgehead atoms. The van der Waals surface area contributed by atoms with Crippen molar-refractivity contribution in [2.24, 2.45) is 23.2 Å². The van der Waals surface area contributed by atoms with E-state index < -0.39 is 18.8 Å². The van der Waals surface area contributed by atoms with Crippen molar-refractivity contribution in [2.75, 3.05) is 0 Å². The van der Waals surface area contributed by atoms with Crippen molar-refractivity contribution in [3.8, 4) is 0 Å². The molecule has 108 valence electrons. The van der Waals surface area contributed by atoms with Crippen LogP contribution >= 0.6 is 11.6 Å². The van der Waals surface area contributed by atoms with E-state index in [-0.39, 0.29) is 17.6 Å². The van der Waals surface area contributed by atoms with Crippen molar-refractivity contribution in [1.29, 1.82) is 0 Å². The molecule has 0 aromatic heterocycles. The predicted octanol–water partition coefficient (Wildman–Crippen LogP) is 3.91. The largest absolute Gasteiger partial charge is 0.476 e. The van der Waals surface area contributed by atoms with Crippen LogP contribution < -0.4 is 0 Å². The van der Waals surface area contributed by atoms with Crippen LogP contribution in [0, 0.1) is 23.2 Å². The lowest BCUT2D eigenvalue weighted by Gasteiger charge is -2.64. The van der Waals surface area contributed by atoms with Gasteiger partial charge >= 0.3 is 7.12 Å². The first-order valence-corrected chi connectivity index (χ1v) is 7.92. The molecule has 19 heavy (non-hydrogen) atoms. The van der Waals surface area contributed by atoms with E-state index in [2.05, 4.69) is 20.8 Å². The van der Waals surface area contributed by atoms with Gasteiger partial charge in [-0.25, -0.2) is 0 Å². The van der Waals surface area contributed by atoms with Crippen molar-refractivity contribution >= 4 is 18.7 Å². The lowest BCUT2D eigenvalue weighted by atomic mass is 9.43. The van der Waals surface area contributed by atoms with Gasteiger partial charge in [-0.05, 0) is 49.3 Å². The summed E-state index contributed by atoms with van der Waals surface area (Å²) in [7, 11) is -0.644. The monoisotopic (exact) mass is 286 g/mol. The second-order valence-corrected chi connectivity index (χ2v) is 8.03. The average Bonchev–Trinajstić information content (AvgIpc) is 2.73. The third kappa shape index (κ3) is 1.99. The van der Waals surface area contributed by atoms with E-state index in [1.807, 2.05) is 13.8 Å². The Morgan fingerprint density at radius 3 is 2.63 bits per heavy atom. The fraction of sp³-hybridized carbons (Fsp3) is 1.00. The molecule has 0 aromatic carbocycles. The zero-order valence-corrected chi connectivity index (χ0v) is 13.3. The molecule has 4 fully saturated rings. The van der Waals surface area contributed by atoms with Crippen molar-refractivity contribution < 1.29 is 12.1 Å². The van der Waals surface area contributed by atoms with Gasteiger partial charge < -0.3 is 9.31 Å². The number of hydrogen-bond donors (Lipinski definition) is 0. The number of hydrogen-bond acceptors (Lipinski definition) is 2. The Hall–Kier alpha value is 0.275. The van der Waals surface area contributed by atoms with Crippen LogP contribution in [-0.4, -0.2) is 24.1 Å². The predicted molar refractivity (Wildman–Crippen MR) is 79.2 cm³/mol. The molecule has 0 N–H and O–H groups in total. The lowest BCUT2D eigenvalue weighted by Crippen LogP contribution is -2.65. The molecule has 5 atom stereocenters. The highest BCUT2D eigenvalue weighted by Gasteiger charge is 2.68. The molecule has 1 aliphatic heterocycles. The molecule has 0 aromatic rings. The minimum Gasteiger partial charge on any atom is -0.404 e. The fourth-order valence-corrected chi connectivity index (χ4v) is 4.78. The van der Waals surface area contributed by atoms with E-state index in [9.17, 15) is 0 Å². The Morgan fingerprint density at radius 2 is 2.05 bits per heavy atom. The van der Waals surface area contributed by atoms with Gasteiger partial charge in [0.05, 0.1) is 17.0 Å². The van der Waals surface area contributed by atoms with Crippen LogP contribution in [0.2, 0.25) is 0 Å². The highest BCUT2D eigenvalue weighted by Crippen LogP contribution is 2.65. The average molecular weight is 287 g/mol. The molecular weight excluding hydrogens is 258 g/mol. The van der Waals surface area contributed by atoms with Crippen LogP contribution in [0.5, 0.6) is 0 Å². The highest BCUT2D eigenvalue weighted by molar-refractivity contribution is 6.59. The molecule has 0 amide bonds. The molecule has 1 saturated heterocycles. The van der Waals surface area contributed by atoms with E-state index >= 15 is 0 Å². The second kappa shape index (κ2) is 4.38. The zero-order valence-electron chi connectivity index (χ0n) is 14.6. The molecule has 4 heteroatoms. The Labute approximate surface area is 125 Å². The molecular formula is C15H26BClO2. The molecule has 1 heterocycles. The summed E-state index contributed by atoms with van der Waals surface area (Å²) in [4.78, 5) is 0. The molecule has 2 nitrogen and oxygen atoms in total. The van der Waals surface area contributed by atoms with Crippen LogP contribution in [0.25, 0.3) is 0 Å². The third-order valence-electron chi connectivity index (χ3n) is 5.70. The van der Waals surface area contributed by atoms with Gasteiger partial charge in [0.15, 0.2) is 0 Å². The molecule has 0 radical (unpaired) electrons. The van der Waals surface area contributed by atoms with Crippen molar-refractivity contribution in [3.63, 3.8) is 0 Å². The maximum absolute atomic E-state index is 8.19. The van der Waals surface area contributed by atoms with Gasteiger partial charge in [0.1, 0.15) is 0 Å². The van der Waals surface area contributed by atoms with E-state index in [4.69, 9.17) is 23.7 Å². The summed E-state index contributed by atoms with van der Waals surface area (Å²) in [5, 5.41) is -0.778. The van der Waals surface area contributed by atoms with E-state index in [1.165, 1.54) is 6.42 Å². The summed E-state index contributed by atoms with van der Waals surface area (Å²) < 4.78 is 28.7. The van der Waals surface area contributed by atoms with E-state index in [0.29, 0.717) is 17.3 Å². The minimum atomic E-state index is -1.51. The van der Waals surface area contributed by atoms with Gasteiger partial charge in [0.25, 0.3) is 0 Å². The van der Waals surface area contributed by atoms with Crippen molar-refractivity contribution in [1.82, 2.24) is 0 Å². The van der Waals surface area contributed by atoms with Gasteiger partial charge in [-0.1, -0.05) is 27.7 Å². The van der Waals surface area contributed by atoms with Gasteiger partial charge in [-0.3, -0.25) is 0 Å². The molecule has 3 saturated carbocycles. The Kier molecular flexibility index (Phi) is 2.74. The van der Waals surface area contributed by atoms with E-state index in [1.54, 1.807) is 0 Å². The maximum Gasteiger partial charge on any atom is 0.476 e. The molecule has 0 unspecified atom stereocenters. The number of alkyl halides is 1. The molecule has 0 spiro atoms. The van der Waals surface area contributed by atoms with Gasteiger partial charge in [0, 0.05) is 2.74 Å². The Morgan fingerprint density at radius 1 is 1.37 bits per heavy atom. The SMILES string of the molecule is [2H]C([2H])(C(C)C)[C@@H](Cl)B1O[C@@H]2C[C@@H]3C[C@@H](C3(C)C)[C@]2(C)O1. The van der Waals surface area contributed by atoms with Crippen LogP contribution in [0.15, 0.2) is 0 Å². The highest BCUT2D eigenvalue weighted by atomic mass is 35.5. The Bertz CT molecular complexity index is 445. The topological polar surface area (TPSA) is 18.5 Å². The van der Waals surface area contributed by atoms with Crippen molar-refractivity contribution in [3.05, 3.63) is 0 Å². The number of rotatable bonds is 3. The third-order valence-corrected chi connectivity index (χ3v) is 6.03. The summed E-state index contributed by atoms with van der Waals surface area (Å²) in [6.07, 6.45) is 0.753. The molecule has 4 rings (SSSR count). The van der Waals surface area contributed by atoms with Crippen LogP contribution in [0.1, 0.15) is 56.6 Å². The summed E-state index contributed by atoms with van der Waals surface area (Å²) >= 11 is 6.41. The summed E-state index contributed by atoms with van der Waals surface area (Å²) in [6.45, 7) is 10.5. The standard InChI is InChI=1S/C15H26BClO2/c1-9(2)6-13(17)16-18-12-8-10-7-11(14(10,3)4)15(12,5)19-16/h9-13H,6-8H2,1-5H3/t10-,11-,12+,13+,15-/m0/s1/i6D2. The smallest absolute Gasteiger partial charge is 0.404 e. The van der Waals surface area contributed by atoms with Gasteiger partial charge in [0.2, 0.25) is 0 Å². The normalized spacial score (nSPS) is 47.3. The van der Waals surface area contributed by atoms with Crippen LogP contribution in [-0.2, 0) is 9.31 Å². The first-order valence-electron chi connectivity index (χ1n) is 8.48. The maximum atomic E-state index is 8.19. The van der Waals surface area contributed by atoms with Crippen molar-refractivity contribution in [2.45, 2.75) is 70.8 Å². The Balaban J connectivity index is 1.79. The van der Waals surface area contributed by atoms with Gasteiger partial charge in [-0.2, -0.15) is 0 Å². The minimum absolute atomic E-state index is 0.0588. The van der Waals surface area contributed by atoms with Crippen LogP contribution in [0.3, 0.4) is 0 Å². The summed E-state index contributed by atoms with van der Waals surface area (Å²) in [6, 6.07) is 0. The fourth-order valence-electron chi connectivity index (χ4n) is 4.42. The quantitative estimate of drug-likeness (QED) is 0.578. The molecule has 4 aliphatic rings. The molecule has 3 aliphatic carbocycles.